The second kappa shape index (κ2) is 13.3. The molecule has 0 bridgehead atoms. The fourth-order valence-electron chi connectivity index (χ4n) is 10.7. The third-order valence-electron chi connectivity index (χ3n) is 13.3. The molecule has 0 radical (unpaired) electrons. The summed E-state index contributed by atoms with van der Waals surface area (Å²) in [6, 6.07) is 66.7. The van der Waals surface area contributed by atoms with Crippen LogP contribution >= 0.6 is 0 Å². The molecule has 0 aliphatic heterocycles. The van der Waals surface area contributed by atoms with Crippen LogP contribution in [0.25, 0.3) is 115 Å². The number of aromatic nitrogens is 4. The maximum absolute atomic E-state index is 12.2. The summed E-state index contributed by atoms with van der Waals surface area (Å²) in [5, 5.41) is 20.8. The summed E-state index contributed by atoms with van der Waals surface area (Å²) in [5.74, 6) is 0. The van der Waals surface area contributed by atoms with Crippen LogP contribution in [0.5, 0.6) is 0 Å². The fourth-order valence-corrected chi connectivity index (χ4v) is 10.7. The molecule has 13 aromatic rings. The Balaban J connectivity index is 1.40. The highest BCUT2D eigenvalue weighted by Gasteiger charge is 2.34. The van der Waals surface area contributed by atoms with Crippen molar-refractivity contribution in [3.63, 3.8) is 0 Å². The zero-order chi connectivity index (χ0) is 42.8. The van der Waals surface area contributed by atoms with Crippen LogP contribution in [0, 0.1) is 31.8 Å². The number of nitrogens with zero attached hydrogens (tertiary/aromatic N) is 6. The lowest BCUT2D eigenvalue weighted by atomic mass is 10.0. The van der Waals surface area contributed by atoms with Crippen molar-refractivity contribution in [3.05, 3.63) is 210 Å². The molecule has 0 amide bonds. The van der Waals surface area contributed by atoms with Crippen LogP contribution in [-0.2, 0) is 0 Å². The van der Waals surface area contributed by atoms with Gasteiger partial charge in [-0.1, -0.05) is 132 Å². The minimum atomic E-state index is 0.379. The summed E-state index contributed by atoms with van der Waals surface area (Å²) in [6.07, 6.45) is 0. The number of benzene rings is 9. The van der Waals surface area contributed by atoms with Gasteiger partial charge in [0.2, 0.25) is 5.69 Å². The molecule has 0 aliphatic rings. The van der Waals surface area contributed by atoms with Crippen LogP contribution in [0.4, 0.5) is 5.69 Å². The molecular formula is C58H36N6. The molecule has 0 unspecified atom stereocenters. The lowest BCUT2D eigenvalue weighted by molar-refractivity contribution is 1.03. The normalized spacial score (nSPS) is 11.9. The predicted molar refractivity (Wildman–Crippen MR) is 264 cm³/mol. The quantitative estimate of drug-likeness (QED) is 0.163. The Morgan fingerprint density at radius 2 is 0.656 bits per heavy atom. The highest BCUT2D eigenvalue weighted by atomic mass is 15.1. The second-order valence-corrected chi connectivity index (χ2v) is 16.8. The van der Waals surface area contributed by atoms with E-state index in [9.17, 15) is 11.8 Å². The topological polar surface area (TPSA) is 47.9 Å². The molecule has 6 nitrogen and oxygen atoms in total. The van der Waals surface area contributed by atoms with E-state index in [1.807, 2.05) is 6.07 Å². The largest absolute Gasteiger partial charge is 0.318 e. The molecule has 0 aliphatic carbocycles. The first-order valence-corrected chi connectivity index (χ1v) is 21.5. The molecule has 0 atom stereocenters. The standard InChI is InChI=1S/C58H36N6/c1-35-28-30-52-43(32-35)41-20-8-14-26-50(41)61(52)55-45(34-59)56(62-46-22-10-4-16-37(46)38-17-5-11-23-47(38)62)58(64-51-27-15-9-21-42(51)44-33-36(2)29-31-53(44)64)57(54(55)60-3)63-48-24-12-6-18-39(48)40-19-7-13-25-49(40)63/h4-33H,1-2H3. The van der Waals surface area contributed by atoms with Gasteiger partial charge in [0.1, 0.15) is 6.07 Å². The van der Waals surface area contributed by atoms with E-state index in [2.05, 4.69) is 219 Å². The highest BCUT2D eigenvalue weighted by molar-refractivity contribution is 6.17. The maximum atomic E-state index is 12.2. The van der Waals surface area contributed by atoms with E-state index < -0.39 is 0 Å². The Labute approximate surface area is 367 Å². The fraction of sp³-hybridized carbons (Fsp3) is 0.0345. The third-order valence-corrected chi connectivity index (χ3v) is 13.3. The molecule has 9 aromatic carbocycles. The molecule has 4 aromatic heterocycles. The van der Waals surface area contributed by atoms with Gasteiger partial charge in [0.15, 0.2) is 0 Å². The van der Waals surface area contributed by atoms with E-state index in [0.717, 1.165) is 104 Å². The highest BCUT2D eigenvalue weighted by Crippen LogP contribution is 2.51. The van der Waals surface area contributed by atoms with Gasteiger partial charge in [0.05, 0.1) is 79.0 Å². The van der Waals surface area contributed by atoms with Crippen molar-refractivity contribution >= 4 is 92.9 Å². The van der Waals surface area contributed by atoms with Gasteiger partial charge in [-0.05, 0) is 74.5 Å². The second-order valence-electron chi connectivity index (χ2n) is 16.8. The Morgan fingerprint density at radius 1 is 0.359 bits per heavy atom. The molecule has 4 heterocycles. The number of hydrogen-bond donors (Lipinski definition) is 0. The third kappa shape index (κ3) is 4.71. The molecule has 0 fully saturated rings. The zero-order valence-corrected chi connectivity index (χ0v) is 35.0. The van der Waals surface area contributed by atoms with Crippen molar-refractivity contribution in [1.29, 1.82) is 5.26 Å². The van der Waals surface area contributed by atoms with Crippen LogP contribution in [0.1, 0.15) is 16.7 Å². The van der Waals surface area contributed by atoms with Gasteiger partial charge < -0.3 is 18.3 Å². The summed E-state index contributed by atoms with van der Waals surface area (Å²) in [4.78, 5) is 4.66. The molecular weight excluding hydrogens is 781 g/mol. The molecule has 0 saturated heterocycles. The lowest BCUT2D eigenvalue weighted by Crippen LogP contribution is -2.14. The molecule has 0 spiro atoms. The summed E-state index contributed by atoms with van der Waals surface area (Å²) in [5.41, 5.74) is 13.4. The van der Waals surface area contributed by atoms with E-state index in [0.29, 0.717) is 28.3 Å². The Kier molecular flexibility index (Phi) is 7.47. The van der Waals surface area contributed by atoms with Crippen molar-refractivity contribution in [2.24, 2.45) is 0 Å². The van der Waals surface area contributed by atoms with E-state index >= 15 is 0 Å². The van der Waals surface area contributed by atoms with Crippen LogP contribution < -0.4 is 0 Å². The summed E-state index contributed by atoms with van der Waals surface area (Å²) >= 11 is 0. The first-order chi connectivity index (χ1) is 31.6. The number of hydrogen-bond acceptors (Lipinski definition) is 1. The van der Waals surface area contributed by atoms with E-state index in [-0.39, 0.29) is 0 Å². The van der Waals surface area contributed by atoms with Crippen LogP contribution in [-0.4, -0.2) is 18.3 Å². The number of para-hydroxylation sites is 6. The summed E-state index contributed by atoms with van der Waals surface area (Å²) < 4.78 is 9.10. The Hall–Kier alpha value is -8.84. The van der Waals surface area contributed by atoms with Gasteiger partial charge in [-0.15, -0.1) is 0 Å². The Morgan fingerprint density at radius 3 is 1.02 bits per heavy atom. The minimum Gasteiger partial charge on any atom is -0.318 e. The minimum absolute atomic E-state index is 0.379. The maximum Gasteiger partial charge on any atom is 0.237 e. The van der Waals surface area contributed by atoms with Crippen molar-refractivity contribution in [2.45, 2.75) is 13.8 Å². The van der Waals surface area contributed by atoms with Gasteiger partial charge in [-0.2, -0.15) is 5.26 Å². The molecule has 13 rings (SSSR count). The first kappa shape index (κ1) is 35.9. The molecule has 0 N–H and O–H groups in total. The summed E-state index contributed by atoms with van der Waals surface area (Å²) in [6.45, 7) is 13.8. The van der Waals surface area contributed by atoms with Crippen molar-refractivity contribution in [3.8, 4) is 28.8 Å². The average molecular weight is 817 g/mol. The average Bonchev–Trinajstić information content (AvgIpc) is 4.05. The summed E-state index contributed by atoms with van der Waals surface area (Å²) in [7, 11) is 0. The van der Waals surface area contributed by atoms with Crippen molar-refractivity contribution in [2.75, 3.05) is 0 Å². The number of fused-ring (bicyclic) bond motifs is 12. The molecule has 0 saturated carbocycles. The van der Waals surface area contributed by atoms with E-state index in [1.165, 1.54) is 0 Å². The van der Waals surface area contributed by atoms with Gasteiger partial charge in [-0.25, -0.2) is 4.85 Å². The van der Waals surface area contributed by atoms with Gasteiger partial charge in [0, 0.05) is 43.1 Å². The number of nitriles is 1. The van der Waals surface area contributed by atoms with Crippen molar-refractivity contribution in [1.82, 2.24) is 18.3 Å². The van der Waals surface area contributed by atoms with Crippen LogP contribution in [0.2, 0.25) is 0 Å². The van der Waals surface area contributed by atoms with E-state index in [1.54, 1.807) is 0 Å². The monoisotopic (exact) mass is 816 g/mol. The predicted octanol–water partition coefficient (Wildman–Crippen LogP) is 15.1. The van der Waals surface area contributed by atoms with Crippen LogP contribution in [0.3, 0.4) is 0 Å². The van der Waals surface area contributed by atoms with E-state index in [4.69, 9.17) is 0 Å². The molecule has 298 valence electrons. The lowest BCUT2D eigenvalue weighted by Gasteiger charge is -2.27. The van der Waals surface area contributed by atoms with Gasteiger partial charge >= 0.3 is 0 Å². The number of aryl methyl sites for hydroxylation is 2. The van der Waals surface area contributed by atoms with Crippen LogP contribution in [0.15, 0.2) is 182 Å². The zero-order valence-electron chi connectivity index (χ0n) is 35.0. The SMILES string of the molecule is [C-]#[N+]c1c(-n2c3ccccc3c3cc(C)ccc32)c(C#N)c(-n2c3ccccc3c3ccccc32)c(-n2c3ccccc3c3cc(C)ccc32)c1-n1c2ccccc2c2ccccc21. The smallest absolute Gasteiger partial charge is 0.237 e. The number of rotatable bonds is 4. The van der Waals surface area contributed by atoms with Gasteiger partial charge in [0.25, 0.3) is 0 Å². The first-order valence-electron chi connectivity index (χ1n) is 21.5. The molecule has 64 heavy (non-hydrogen) atoms. The Bertz CT molecular complexity index is 3990. The van der Waals surface area contributed by atoms with Gasteiger partial charge in [-0.3, -0.25) is 0 Å². The van der Waals surface area contributed by atoms with Crippen molar-refractivity contribution < 1.29 is 0 Å². The molecule has 6 heteroatoms.